The highest BCUT2D eigenvalue weighted by Gasteiger charge is 2.19. The molecule has 3 rings (SSSR count). The molecule has 1 N–H and O–H groups in total. The fourth-order valence-corrected chi connectivity index (χ4v) is 2.86. The second-order valence-corrected chi connectivity index (χ2v) is 6.73. The lowest BCUT2D eigenvalue weighted by atomic mass is 10.2. The second kappa shape index (κ2) is 8.41. The topological polar surface area (TPSA) is 86.1 Å². The molecule has 0 aliphatic rings. The Morgan fingerprint density at radius 1 is 1.18 bits per heavy atom. The molecule has 0 saturated carbocycles. The van der Waals surface area contributed by atoms with Gasteiger partial charge in [-0.05, 0) is 37.3 Å². The molecule has 0 unspecified atom stereocenters. The van der Waals surface area contributed by atoms with Gasteiger partial charge in [0.15, 0.2) is 0 Å². The van der Waals surface area contributed by atoms with E-state index in [4.69, 9.17) is 27.9 Å². The highest BCUT2D eigenvalue weighted by molar-refractivity contribution is 6.32. The molecule has 7 nitrogen and oxygen atoms in total. The van der Waals surface area contributed by atoms with E-state index in [-0.39, 0.29) is 0 Å². The summed E-state index contributed by atoms with van der Waals surface area (Å²) in [5, 5.41) is 7.71. The van der Waals surface area contributed by atoms with Crippen LogP contribution in [0.2, 0.25) is 10.0 Å². The quantitative estimate of drug-likeness (QED) is 0.680. The number of halogens is 2. The fourth-order valence-electron chi connectivity index (χ4n) is 2.48. The third-order valence-corrected chi connectivity index (χ3v) is 4.57. The number of hydrogen-bond donors (Lipinski definition) is 1. The minimum Gasteiger partial charge on any atom is -0.495 e. The molecule has 28 heavy (non-hydrogen) atoms. The van der Waals surface area contributed by atoms with Crippen LogP contribution in [-0.4, -0.2) is 27.8 Å². The molecule has 1 amide bonds. The van der Waals surface area contributed by atoms with Crippen LogP contribution in [0, 0.1) is 0 Å². The summed E-state index contributed by atoms with van der Waals surface area (Å²) in [6.07, 6.45) is 1.43. The van der Waals surface area contributed by atoms with Gasteiger partial charge in [0, 0.05) is 16.3 Å². The predicted molar refractivity (Wildman–Crippen MR) is 108 cm³/mol. The van der Waals surface area contributed by atoms with Crippen LogP contribution in [0.25, 0.3) is 11.3 Å². The molecule has 2 aromatic carbocycles. The number of carbonyl (C=O) groups excluding carboxylic acids is 1. The molecule has 3 aromatic rings. The number of methoxy groups -OCH3 is 1. The highest BCUT2D eigenvalue weighted by atomic mass is 35.5. The third-order valence-electron chi connectivity index (χ3n) is 4.02. The molecule has 0 radical (unpaired) electrons. The summed E-state index contributed by atoms with van der Waals surface area (Å²) in [5.74, 6) is 0.0597. The number of aromatic nitrogens is 3. The summed E-state index contributed by atoms with van der Waals surface area (Å²) >= 11 is 11.9. The number of benzene rings is 2. The first-order valence-corrected chi connectivity index (χ1v) is 9.01. The maximum atomic E-state index is 12.5. The number of hydrogen-bond acceptors (Lipinski definition) is 5. The van der Waals surface area contributed by atoms with E-state index < -0.39 is 17.6 Å². The molecule has 0 bridgehead atoms. The predicted octanol–water partition coefficient (Wildman–Crippen LogP) is 3.82. The van der Waals surface area contributed by atoms with Crippen molar-refractivity contribution in [3.63, 3.8) is 0 Å². The van der Waals surface area contributed by atoms with E-state index >= 15 is 0 Å². The van der Waals surface area contributed by atoms with Gasteiger partial charge in [-0.15, -0.1) is 0 Å². The Morgan fingerprint density at radius 2 is 1.89 bits per heavy atom. The zero-order chi connectivity index (χ0) is 20.3. The van der Waals surface area contributed by atoms with Crippen molar-refractivity contribution < 1.29 is 9.53 Å². The number of carbonyl (C=O) groups is 1. The molecule has 0 spiro atoms. The van der Waals surface area contributed by atoms with Gasteiger partial charge >= 0.3 is 5.69 Å². The molecule has 0 aliphatic heterocycles. The van der Waals surface area contributed by atoms with Gasteiger partial charge in [0.2, 0.25) is 5.91 Å². The Kier molecular flexibility index (Phi) is 5.96. The Morgan fingerprint density at radius 3 is 2.50 bits per heavy atom. The molecule has 1 aromatic heterocycles. The zero-order valence-corrected chi connectivity index (χ0v) is 16.5. The van der Waals surface area contributed by atoms with Gasteiger partial charge in [0.25, 0.3) is 0 Å². The lowest BCUT2D eigenvalue weighted by molar-refractivity contribution is -0.119. The lowest BCUT2D eigenvalue weighted by Crippen LogP contribution is -2.34. The first-order chi connectivity index (χ1) is 13.4. The summed E-state index contributed by atoms with van der Waals surface area (Å²) in [5.41, 5.74) is 0.933. The maximum Gasteiger partial charge on any atom is 0.365 e. The van der Waals surface area contributed by atoms with Crippen LogP contribution in [0.4, 0.5) is 5.69 Å². The Bertz CT molecular complexity index is 1070. The summed E-state index contributed by atoms with van der Waals surface area (Å²) in [6.45, 7) is 1.55. The second-order valence-electron chi connectivity index (χ2n) is 5.89. The molecule has 0 fully saturated rings. The van der Waals surface area contributed by atoms with Crippen LogP contribution in [0.15, 0.2) is 53.5 Å². The summed E-state index contributed by atoms with van der Waals surface area (Å²) in [6, 6.07) is 10.8. The minimum atomic E-state index is -0.875. The minimum absolute atomic E-state index is 0.359. The van der Waals surface area contributed by atoms with E-state index in [0.717, 1.165) is 4.68 Å². The van der Waals surface area contributed by atoms with Crippen molar-refractivity contribution in [2.24, 2.45) is 0 Å². The van der Waals surface area contributed by atoms with Gasteiger partial charge in [0.05, 0.1) is 24.0 Å². The third kappa shape index (κ3) is 4.32. The average Bonchev–Trinajstić information content (AvgIpc) is 2.68. The van der Waals surface area contributed by atoms with Gasteiger partial charge in [-0.2, -0.15) is 10.1 Å². The van der Waals surface area contributed by atoms with Crippen molar-refractivity contribution in [1.82, 2.24) is 14.8 Å². The van der Waals surface area contributed by atoms with Crippen molar-refractivity contribution >= 4 is 34.8 Å². The monoisotopic (exact) mass is 418 g/mol. The van der Waals surface area contributed by atoms with Crippen LogP contribution in [-0.2, 0) is 4.79 Å². The van der Waals surface area contributed by atoms with Crippen molar-refractivity contribution in [2.75, 3.05) is 12.4 Å². The number of ether oxygens (including phenoxy) is 1. The van der Waals surface area contributed by atoms with E-state index in [0.29, 0.717) is 32.7 Å². The lowest BCUT2D eigenvalue weighted by Gasteiger charge is -2.14. The molecule has 144 valence electrons. The zero-order valence-electron chi connectivity index (χ0n) is 15.0. The van der Waals surface area contributed by atoms with Crippen LogP contribution in [0.3, 0.4) is 0 Å². The summed E-state index contributed by atoms with van der Waals surface area (Å²) < 4.78 is 6.09. The fraction of sp³-hybridized carbons (Fsp3) is 0.158. The number of anilines is 1. The summed E-state index contributed by atoms with van der Waals surface area (Å²) in [4.78, 5) is 28.9. The molecule has 1 atom stereocenters. The molecule has 0 aliphatic carbocycles. The Labute approximate surface area is 170 Å². The Balaban J connectivity index is 1.79. The van der Waals surface area contributed by atoms with Gasteiger partial charge < -0.3 is 10.1 Å². The van der Waals surface area contributed by atoms with Crippen LogP contribution >= 0.6 is 23.2 Å². The van der Waals surface area contributed by atoms with Crippen molar-refractivity contribution in [3.8, 4) is 17.0 Å². The van der Waals surface area contributed by atoms with E-state index in [2.05, 4.69) is 15.4 Å². The van der Waals surface area contributed by atoms with Crippen LogP contribution < -0.4 is 15.7 Å². The standard InChI is InChI=1S/C19H16Cl2N4O3/c1-11(18(26)23-14-7-8-17(28-2)15(21)9-14)25-19(27)24-16(10-22-25)12-3-5-13(20)6-4-12/h3-11H,1-2H3,(H,23,26)/t11-/m1/s1. The van der Waals surface area contributed by atoms with Crippen molar-refractivity contribution in [3.05, 3.63) is 69.2 Å². The highest BCUT2D eigenvalue weighted by Crippen LogP contribution is 2.27. The number of nitrogens with one attached hydrogen (secondary N) is 1. The van der Waals surface area contributed by atoms with Gasteiger partial charge in [-0.1, -0.05) is 35.3 Å². The molecule has 9 heteroatoms. The average molecular weight is 419 g/mol. The maximum absolute atomic E-state index is 12.5. The normalized spacial score (nSPS) is 11.7. The van der Waals surface area contributed by atoms with Gasteiger partial charge in [-0.25, -0.2) is 9.48 Å². The van der Waals surface area contributed by atoms with Crippen LogP contribution in [0.1, 0.15) is 13.0 Å². The van der Waals surface area contributed by atoms with E-state index in [1.165, 1.54) is 13.3 Å². The molecular weight excluding hydrogens is 403 g/mol. The molecule has 0 saturated heterocycles. The number of amides is 1. The van der Waals surface area contributed by atoms with E-state index in [1.807, 2.05) is 0 Å². The van der Waals surface area contributed by atoms with Gasteiger partial charge in [0.1, 0.15) is 11.8 Å². The van der Waals surface area contributed by atoms with Crippen molar-refractivity contribution in [1.29, 1.82) is 0 Å². The number of nitrogens with zero attached hydrogens (tertiary/aromatic N) is 3. The first kappa shape index (κ1) is 19.9. The smallest absolute Gasteiger partial charge is 0.365 e. The van der Waals surface area contributed by atoms with E-state index in [9.17, 15) is 9.59 Å². The summed E-state index contributed by atoms with van der Waals surface area (Å²) in [7, 11) is 1.50. The van der Waals surface area contributed by atoms with Gasteiger partial charge in [-0.3, -0.25) is 4.79 Å². The SMILES string of the molecule is COc1ccc(NC(=O)[C@@H](C)n2ncc(-c3ccc(Cl)cc3)nc2=O)cc1Cl. The van der Waals surface area contributed by atoms with E-state index in [1.54, 1.807) is 49.4 Å². The molecule has 1 heterocycles. The largest absolute Gasteiger partial charge is 0.495 e. The molecular formula is C19H16Cl2N4O3. The number of rotatable bonds is 5. The van der Waals surface area contributed by atoms with Crippen molar-refractivity contribution in [2.45, 2.75) is 13.0 Å². The first-order valence-electron chi connectivity index (χ1n) is 8.25. The Hall–Kier alpha value is -2.90. The van der Waals surface area contributed by atoms with Crippen LogP contribution in [0.5, 0.6) is 5.75 Å².